The van der Waals surface area contributed by atoms with E-state index in [1.54, 1.807) is 13.8 Å². The van der Waals surface area contributed by atoms with Crippen LogP contribution in [0.25, 0.3) is 0 Å². The van der Waals surface area contributed by atoms with Gasteiger partial charge in [0.2, 0.25) is 0 Å². The number of halogens is 2. The van der Waals surface area contributed by atoms with Gasteiger partial charge in [-0.1, -0.05) is 11.6 Å². The van der Waals surface area contributed by atoms with E-state index in [0.29, 0.717) is 11.7 Å². The zero-order valence-electron chi connectivity index (χ0n) is 14.4. The Bertz CT molecular complexity index is 772. The number of hydrogen-bond acceptors (Lipinski definition) is 5. The summed E-state index contributed by atoms with van der Waals surface area (Å²) in [6, 6.07) is 2.46. The molecular weight excluding hydrogens is 381 g/mol. The molecule has 2 aliphatic rings. The van der Waals surface area contributed by atoms with Crippen molar-refractivity contribution < 1.29 is 18.7 Å². The predicted molar refractivity (Wildman–Crippen MR) is 99.8 cm³/mol. The van der Waals surface area contributed by atoms with Crippen LogP contribution in [0.5, 0.6) is 0 Å². The lowest BCUT2D eigenvalue weighted by Crippen LogP contribution is -2.37. The molecule has 2 aliphatic heterocycles. The molecule has 0 saturated carbocycles. The molecule has 0 spiro atoms. The SMILES string of the molecule is CC(C)OC(=O)c1cc(N=C2SC(=O)NCC3CCCN23)c(F)cc1Cl. The summed E-state index contributed by atoms with van der Waals surface area (Å²) in [6.45, 7) is 4.72. The van der Waals surface area contributed by atoms with Gasteiger partial charge in [0.15, 0.2) is 5.17 Å². The second-order valence-corrected chi connectivity index (χ2v) is 7.74. The van der Waals surface area contributed by atoms with Crippen molar-refractivity contribution in [3.63, 3.8) is 0 Å². The first-order valence-electron chi connectivity index (χ1n) is 8.36. The molecule has 2 heterocycles. The molecule has 1 aromatic rings. The smallest absolute Gasteiger partial charge is 0.339 e. The van der Waals surface area contributed by atoms with Crippen LogP contribution in [0.3, 0.4) is 0 Å². The Morgan fingerprint density at radius 3 is 3.00 bits per heavy atom. The van der Waals surface area contributed by atoms with Crippen molar-refractivity contribution in [3.8, 4) is 0 Å². The number of benzene rings is 1. The molecule has 1 N–H and O–H groups in total. The monoisotopic (exact) mass is 399 g/mol. The van der Waals surface area contributed by atoms with Gasteiger partial charge in [0, 0.05) is 30.9 Å². The Labute approximate surface area is 160 Å². The number of amidine groups is 1. The van der Waals surface area contributed by atoms with Gasteiger partial charge in [-0.05, 0) is 38.8 Å². The molecule has 0 bridgehead atoms. The van der Waals surface area contributed by atoms with Gasteiger partial charge in [-0.3, -0.25) is 4.79 Å². The van der Waals surface area contributed by atoms with Crippen LogP contribution in [0.15, 0.2) is 17.1 Å². The number of thioether (sulfide) groups is 1. The molecule has 2 saturated heterocycles. The first kappa shape index (κ1) is 19.0. The maximum Gasteiger partial charge on any atom is 0.339 e. The molecule has 26 heavy (non-hydrogen) atoms. The summed E-state index contributed by atoms with van der Waals surface area (Å²) in [5.74, 6) is -1.30. The molecule has 1 atom stereocenters. The maximum absolute atomic E-state index is 14.4. The first-order chi connectivity index (χ1) is 12.3. The van der Waals surface area contributed by atoms with E-state index < -0.39 is 11.8 Å². The quantitative estimate of drug-likeness (QED) is 0.779. The van der Waals surface area contributed by atoms with Gasteiger partial charge in [0.1, 0.15) is 11.5 Å². The van der Waals surface area contributed by atoms with Crippen LogP contribution in [0, 0.1) is 5.82 Å². The van der Waals surface area contributed by atoms with E-state index in [9.17, 15) is 14.0 Å². The highest BCUT2D eigenvalue weighted by Gasteiger charge is 2.32. The average molecular weight is 400 g/mol. The third kappa shape index (κ3) is 4.12. The zero-order chi connectivity index (χ0) is 18.8. The van der Waals surface area contributed by atoms with Crippen molar-refractivity contribution in [1.29, 1.82) is 0 Å². The highest BCUT2D eigenvalue weighted by molar-refractivity contribution is 8.26. The number of amides is 1. The lowest BCUT2D eigenvalue weighted by atomic mass is 10.2. The van der Waals surface area contributed by atoms with Gasteiger partial charge in [-0.25, -0.2) is 14.2 Å². The maximum atomic E-state index is 14.4. The third-order valence-corrected chi connectivity index (χ3v) is 5.25. The number of rotatable bonds is 3. The molecule has 0 aromatic heterocycles. The molecule has 2 fully saturated rings. The van der Waals surface area contributed by atoms with E-state index in [4.69, 9.17) is 16.3 Å². The molecule has 6 nitrogen and oxygen atoms in total. The molecule has 3 rings (SSSR count). The minimum atomic E-state index is -0.662. The Morgan fingerprint density at radius 1 is 1.50 bits per heavy atom. The summed E-state index contributed by atoms with van der Waals surface area (Å²) >= 11 is 6.92. The first-order valence-corrected chi connectivity index (χ1v) is 9.55. The van der Waals surface area contributed by atoms with E-state index in [-0.39, 0.29) is 33.7 Å². The molecule has 140 valence electrons. The van der Waals surface area contributed by atoms with Crippen LogP contribution in [-0.2, 0) is 4.74 Å². The van der Waals surface area contributed by atoms with Gasteiger partial charge < -0.3 is 15.0 Å². The lowest BCUT2D eigenvalue weighted by molar-refractivity contribution is 0.0378. The number of carbonyl (C=O) groups is 2. The highest BCUT2D eigenvalue weighted by atomic mass is 35.5. The lowest BCUT2D eigenvalue weighted by Gasteiger charge is -2.23. The molecular formula is C17H19ClFN3O3S. The fourth-order valence-electron chi connectivity index (χ4n) is 2.93. The highest BCUT2D eigenvalue weighted by Crippen LogP contribution is 2.31. The second kappa shape index (κ2) is 7.84. The molecule has 1 unspecified atom stereocenters. The Kier molecular flexibility index (Phi) is 5.72. The minimum Gasteiger partial charge on any atom is -0.459 e. The van der Waals surface area contributed by atoms with Crippen LogP contribution >= 0.6 is 23.4 Å². The van der Waals surface area contributed by atoms with Crippen molar-refractivity contribution >= 4 is 45.4 Å². The van der Waals surface area contributed by atoms with Crippen LogP contribution in [-0.4, -0.2) is 46.5 Å². The number of nitrogens with zero attached hydrogens (tertiary/aromatic N) is 2. The van der Waals surface area contributed by atoms with Crippen molar-refractivity contribution in [2.75, 3.05) is 13.1 Å². The van der Waals surface area contributed by atoms with Crippen LogP contribution in [0.1, 0.15) is 37.0 Å². The molecule has 0 aliphatic carbocycles. The van der Waals surface area contributed by atoms with Gasteiger partial charge >= 0.3 is 5.97 Å². The number of aliphatic imine (C=N–C) groups is 1. The topological polar surface area (TPSA) is 71.0 Å². The number of hydrogen-bond donors (Lipinski definition) is 1. The number of ether oxygens (including phenoxy) is 1. The number of nitrogens with one attached hydrogen (secondary N) is 1. The molecule has 0 radical (unpaired) electrons. The zero-order valence-corrected chi connectivity index (χ0v) is 16.0. The summed E-state index contributed by atoms with van der Waals surface area (Å²) in [7, 11) is 0. The third-order valence-electron chi connectivity index (χ3n) is 4.10. The van der Waals surface area contributed by atoms with E-state index in [1.807, 2.05) is 4.90 Å². The van der Waals surface area contributed by atoms with Crippen molar-refractivity contribution in [3.05, 3.63) is 28.5 Å². The van der Waals surface area contributed by atoms with Gasteiger partial charge in [0.05, 0.1) is 16.7 Å². The summed E-state index contributed by atoms with van der Waals surface area (Å²) in [4.78, 5) is 30.4. The molecule has 9 heteroatoms. The van der Waals surface area contributed by atoms with Gasteiger partial charge in [0.25, 0.3) is 5.24 Å². The van der Waals surface area contributed by atoms with E-state index in [2.05, 4.69) is 10.3 Å². The largest absolute Gasteiger partial charge is 0.459 e. The van der Waals surface area contributed by atoms with E-state index in [0.717, 1.165) is 37.2 Å². The standard InChI is InChI=1S/C17H19ClFN3O3S/c1-9(2)25-15(23)11-6-14(13(19)7-12(11)18)21-16-22-5-3-4-10(22)8-20-17(24)26-16/h6-7,9-10H,3-5,8H2,1-2H3,(H,20,24). The Hall–Kier alpha value is -1.80. The van der Waals surface area contributed by atoms with Crippen molar-refractivity contribution in [2.24, 2.45) is 4.99 Å². The summed E-state index contributed by atoms with van der Waals surface area (Å²) in [5.41, 5.74) is -0.00452. The Balaban J connectivity index is 1.98. The molecule has 1 amide bonds. The predicted octanol–water partition coefficient (Wildman–Crippen LogP) is 3.95. The van der Waals surface area contributed by atoms with Gasteiger partial charge in [-0.15, -0.1) is 0 Å². The van der Waals surface area contributed by atoms with E-state index >= 15 is 0 Å². The van der Waals surface area contributed by atoms with E-state index in [1.165, 1.54) is 6.07 Å². The fourth-order valence-corrected chi connectivity index (χ4v) is 3.98. The summed E-state index contributed by atoms with van der Waals surface area (Å²) < 4.78 is 19.5. The number of esters is 1. The van der Waals surface area contributed by atoms with Crippen LogP contribution in [0.4, 0.5) is 14.9 Å². The second-order valence-electron chi connectivity index (χ2n) is 6.39. The van der Waals surface area contributed by atoms with Crippen LogP contribution in [0.2, 0.25) is 5.02 Å². The summed E-state index contributed by atoms with van der Waals surface area (Å²) in [5, 5.41) is 2.97. The number of fused-ring (bicyclic) bond motifs is 1. The van der Waals surface area contributed by atoms with Crippen molar-refractivity contribution in [1.82, 2.24) is 10.2 Å². The minimum absolute atomic E-state index is 0.0394. The molecule has 1 aromatic carbocycles. The van der Waals surface area contributed by atoms with Crippen molar-refractivity contribution in [2.45, 2.75) is 38.8 Å². The fraction of sp³-hybridized carbons (Fsp3) is 0.471. The number of carbonyl (C=O) groups excluding carboxylic acids is 2. The summed E-state index contributed by atoms with van der Waals surface area (Å²) in [6.07, 6.45) is 1.59. The normalized spacial score (nSPS) is 21.6. The Morgan fingerprint density at radius 2 is 2.27 bits per heavy atom. The van der Waals surface area contributed by atoms with Gasteiger partial charge in [-0.2, -0.15) is 0 Å². The van der Waals surface area contributed by atoms with Crippen LogP contribution < -0.4 is 5.32 Å². The average Bonchev–Trinajstić information content (AvgIpc) is 2.96.